The summed E-state index contributed by atoms with van der Waals surface area (Å²) >= 11 is 0. The summed E-state index contributed by atoms with van der Waals surface area (Å²) in [5, 5.41) is 2.98. The van der Waals surface area contributed by atoms with Crippen molar-refractivity contribution in [3.8, 4) is 0 Å². The predicted octanol–water partition coefficient (Wildman–Crippen LogP) is 4.55. The fraction of sp³-hybridized carbons (Fsp3) is 0.100. The van der Waals surface area contributed by atoms with Gasteiger partial charge in [-0.1, -0.05) is 48.5 Å². The van der Waals surface area contributed by atoms with E-state index in [-0.39, 0.29) is 5.56 Å². The van der Waals surface area contributed by atoms with E-state index < -0.39 is 13.7 Å². The van der Waals surface area contributed by atoms with Crippen LogP contribution in [0.25, 0.3) is 0 Å². The molecule has 0 unspecified atom stereocenters. The fourth-order valence-corrected chi connectivity index (χ4v) is 6.42. The molecule has 3 aromatic rings. The Bertz CT molecular complexity index is 730. The minimum atomic E-state index is -2.47. The van der Waals surface area contributed by atoms with Crippen molar-refractivity contribution in [2.24, 2.45) is 0 Å². The molecular formula is C20H18F2P+. The molecule has 0 bridgehead atoms. The van der Waals surface area contributed by atoms with Gasteiger partial charge in [-0.25, -0.2) is 8.78 Å². The van der Waals surface area contributed by atoms with Crippen LogP contribution < -0.4 is 15.9 Å². The Balaban J connectivity index is 2.30. The van der Waals surface area contributed by atoms with Gasteiger partial charge in [0.15, 0.2) is 0 Å². The van der Waals surface area contributed by atoms with E-state index in [4.69, 9.17) is 0 Å². The summed E-state index contributed by atoms with van der Waals surface area (Å²) in [5.41, 5.74) is 0.135. The summed E-state index contributed by atoms with van der Waals surface area (Å²) in [6.45, 7) is 2.12. The topological polar surface area (TPSA) is 0 Å². The monoisotopic (exact) mass is 327 g/mol. The van der Waals surface area contributed by atoms with Gasteiger partial charge >= 0.3 is 0 Å². The molecule has 0 aliphatic rings. The van der Waals surface area contributed by atoms with Gasteiger partial charge in [0.2, 0.25) is 0 Å². The third-order valence-corrected chi connectivity index (χ3v) is 8.23. The number of benzene rings is 3. The molecule has 0 aromatic heterocycles. The van der Waals surface area contributed by atoms with Crippen molar-refractivity contribution in [1.29, 1.82) is 0 Å². The Kier molecular flexibility index (Phi) is 4.54. The maximum absolute atomic E-state index is 13.6. The van der Waals surface area contributed by atoms with E-state index in [0.29, 0.717) is 0 Å². The van der Waals surface area contributed by atoms with Crippen molar-refractivity contribution in [1.82, 2.24) is 0 Å². The van der Waals surface area contributed by atoms with Gasteiger partial charge in [0.1, 0.15) is 23.2 Å². The number of halogens is 2. The second-order valence-electron chi connectivity index (χ2n) is 5.54. The van der Waals surface area contributed by atoms with E-state index in [1.807, 2.05) is 72.8 Å². The number of rotatable bonds is 4. The summed E-state index contributed by atoms with van der Waals surface area (Å²) in [4.78, 5) is 0. The first-order chi connectivity index (χ1) is 11.1. The molecule has 116 valence electrons. The summed E-state index contributed by atoms with van der Waals surface area (Å²) in [5.74, 6) is 0. The highest BCUT2D eigenvalue weighted by atomic mass is 31.2. The van der Waals surface area contributed by atoms with Gasteiger partial charge in [-0.2, -0.15) is 0 Å². The number of alkyl halides is 2. The van der Waals surface area contributed by atoms with Crippen LogP contribution >= 0.6 is 7.26 Å². The van der Waals surface area contributed by atoms with E-state index in [1.54, 1.807) is 12.1 Å². The van der Waals surface area contributed by atoms with E-state index in [9.17, 15) is 8.78 Å². The number of hydrogen-bond donors (Lipinski definition) is 0. The molecule has 0 heterocycles. The van der Waals surface area contributed by atoms with Crippen LogP contribution in [0.2, 0.25) is 0 Å². The zero-order valence-corrected chi connectivity index (χ0v) is 13.8. The Hall–Kier alpha value is -2.05. The molecule has 3 aromatic carbocycles. The second kappa shape index (κ2) is 6.60. The maximum atomic E-state index is 13.6. The van der Waals surface area contributed by atoms with E-state index in [0.717, 1.165) is 15.9 Å². The van der Waals surface area contributed by atoms with Crippen LogP contribution in [0.5, 0.6) is 0 Å². The standard InChI is InChI=1S/C20H18F2P/c1-23(16-10-4-2-5-11-16,17-12-6-3-7-13-17)19-15-9-8-14-18(19)20(21)22/h2-15,20H,1H3/q+1. The van der Waals surface area contributed by atoms with Crippen LogP contribution in [0.3, 0.4) is 0 Å². The molecule has 0 aliphatic carbocycles. The highest BCUT2D eigenvalue weighted by Crippen LogP contribution is 2.52. The van der Waals surface area contributed by atoms with Crippen LogP contribution in [0.4, 0.5) is 8.78 Å². The van der Waals surface area contributed by atoms with Gasteiger partial charge in [0.05, 0.1) is 12.2 Å². The summed E-state index contributed by atoms with van der Waals surface area (Å²) in [6.07, 6.45) is -2.47. The summed E-state index contributed by atoms with van der Waals surface area (Å²) in [6, 6.07) is 26.9. The van der Waals surface area contributed by atoms with E-state index in [2.05, 4.69) is 6.66 Å². The lowest BCUT2D eigenvalue weighted by molar-refractivity contribution is 0.152. The molecule has 0 atom stereocenters. The molecule has 0 N–H and O–H groups in total. The summed E-state index contributed by atoms with van der Waals surface area (Å²) < 4.78 is 27.2. The Morgan fingerprint density at radius 1 is 0.652 bits per heavy atom. The molecule has 3 heteroatoms. The summed E-state index contributed by atoms with van der Waals surface area (Å²) in [7, 11) is -2.10. The van der Waals surface area contributed by atoms with E-state index in [1.165, 1.54) is 0 Å². The Morgan fingerprint density at radius 3 is 1.57 bits per heavy atom. The average molecular weight is 327 g/mol. The predicted molar refractivity (Wildman–Crippen MR) is 96.0 cm³/mol. The first-order valence-electron chi connectivity index (χ1n) is 7.49. The zero-order valence-electron chi connectivity index (χ0n) is 12.9. The van der Waals surface area contributed by atoms with Crippen molar-refractivity contribution >= 4 is 23.2 Å². The van der Waals surface area contributed by atoms with Crippen LogP contribution in [-0.2, 0) is 0 Å². The molecule has 0 fully saturated rings. The highest BCUT2D eigenvalue weighted by Gasteiger charge is 2.42. The number of hydrogen-bond acceptors (Lipinski definition) is 0. The Morgan fingerprint density at radius 2 is 1.09 bits per heavy atom. The van der Waals surface area contributed by atoms with Gasteiger partial charge < -0.3 is 0 Å². The van der Waals surface area contributed by atoms with Crippen LogP contribution in [-0.4, -0.2) is 6.66 Å². The van der Waals surface area contributed by atoms with Crippen molar-refractivity contribution in [3.05, 3.63) is 90.5 Å². The molecule has 23 heavy (non-hydrogen) atoms. The van der Waals surface area contributed by atoms with Crippen LogP contribution in [0, 0.1) is 0 Å². The molecule has 0 nitrogen and oxygen atoms in total. The van der Waals surface area contributed by atoms with Crippen molar-refractivity contribution < 1.29 is 8.78 Å². The molecule has 3 rings (SSSR count). The smallest absolute Gasteiger partial charge is 0.205 e. The maximum Gasteiger partial charge on any atom is 0.267 e. The lowest BCUT2D eigenvalue weighted by Crippen LogP contribution is -2.32. The lowest BCUT2D eigenvalue weighted by atomic mass is 10.2. The SMILES string of the molecule is C[P+](c1ccccc1)(c1ccccc1)c1ccccc1C(F)F. The molecule has 0 aliphatic heterocycles. The van der Waals surface area contributed by atoms with Gasteiger partial charge in [-0.05, 0) is 36.4 Å². The molecule has 0 amide bonds. The van der Waals surface area contributed by atoms with Crippen molar-refractivity contribution in [2.45, 2.75) is 6.43 Å². The fourth-order valence-electron chi connectivity index (χ4n) is 2.96. The minimum Gasteiger partial charge on any atom is -0.205 e. The first-order valence-corrected chi connectivity index (χ1v) is 9.73. The third kappa shape index (κ3) is 2.92. The van der Waals surface area contributed by atoms with Gasteiger partial charge in [0, 0.05) is 0 Å². The van der Waals surface area contributed by atoms with Gasteiger partial charge in [0.25, 0.3) is 6.43 Å². The lowest BCUT2D eigenvalue weighted by Gasteiger charge is -2.25. The quantitative estimate of drug-likeness (QED) is 0.617. The second-order valence-corrected chi connectivity index (χ2v) is 9.06. The molecular weight excluding hydrogens is 309 g/mol. The molecule has 0 saturated heterocycles. The Labute approximate surface area is 136 Å². The zero-order chi connectivity index (χ0) is 16.3. The van der Waals surface area contributed by atoms with E-state index >= 15 is 0 Å². The normalized spacial score (nSPS) is 11.7. The van der Waals surface area contributed by atoms with Gasteiger partial charge in [-0.3, -0.25) is 0 Å². The first kappa shape index (κ1) is 15.8. The van der Waals surface area contributed by atoms with Gasteiger partial charge in [-0.15, -0.1) is 0 Å². The minimum absolute atomic E-state index is 0.135. The van der Waals surface area contributed by atoms with Crippen molar-refractivity contribution in [2.75, 3.05) is 6.66 Å². The highest BCUT2D eigenvalue weighted by molar-refractivity contribution is 7.95. The van der Waals surface area contributed by atoms with Crippen molar-refractivity contribution in [3.63, 3.8) is 0 Å². The average Bonchev–Trinajstić information content (AvgIpc) is 2.62. The largest absolute Gasteiger partial charge is 0.267 e. The third-order valence-electron chi connectivity index (χ3n) is 4.20. The molecule has 0 spiro atoms. The molecule has 0 saturated carbocycles. The van der Waals surface area contributed by atoms with Crippen LogP contribution in [0.1, 0.15) is 12.0 Å². The molecule has 0 radical (unpaired) electrons. The van der Waals surface area contributed by atoms with Crippen LogP contribution in [0.15, 0.2) is 84.9 Å².